The van der Waals surface area contributed by atoms with Crippen molar-refractivity contribution in [1.82, 2.24) is 24.4 Å². The van der Waals surface area contributed by atoms with Gasteiger partial charge in [0.05, 0.1) is 5.69 Å². The second-order valence-corrected chi connectivity index (χ2v) is 6.77. The molecule has 0 amide bonds. The van der Waals surface area contributed by atoms with Crippen LogP contribution in [0.2, 0.25) is 5.02 Å². The summed E-state index contributed by atoms with van der Waals surface area (Å²) in [4.78, 5) is 4.40. The van der Waals surface area contributed by atoms with Crippen LogP contribution < -0.4 is 5.32 Å². The summed E-state index contributed by atoms with van der Waals surface area (Å²) in [5.74, 6) is -1.03. The van der Waals surface area contributed by atoms with E-state index >= 15 is 0 Å². The number of anilines is 2. The fourth-order valence-electron chi connectivity index (χ4n) is 2.44. The molecule has 4 rings (SSSR count). The van der Waals surface area contributed by atoms with Crippen LogP contribution in [0.15, 0.2) is 42.5 Å². The van der Waals surface area contributed by atoms with Gasteiger partial charge in [0.15, 0.2) is 17.3 Å². The van der Waals surface area contributed by atoms with Gasteiger partial charge in [0.2, 0.25) is 5.13 Å². The maximum Gasteiger partial charge on any atom is 0.207 e. The summed E-state index contributed by atoms with van der Waals surface area (Å²) in [7, 11) is 0. The topological polar surface area (TPSA) is 68.5 Å². The number of rotatable bonds is 4. The van der Waals surface area contributed by atoms with E-state index in [1.165, 1.54) is 10.7 Å². The van der Waals surface area contributed by atoms with Crippen LogP contribution in [0.4, 0.5) is 19.6 Å². The minimum atomic E-state index is -0.731. The highest BCUT2D eigenvalue weighted by Crippen LogP contribution is 2.26. The maximum atomic E-state index is 14.0. The van der Waals surface area contributed by atoms with Crippen molar-refractivity contribution in [3.05, 3.63) is 64.8 Å². The lowest BCUT2D eigenvalue weighted by molar-refractivity contribution is 0.570. The Labute approximate surface area is 161 Å². The summed E-state index contributed by atoms with van der Waals surface area (Å²) in [6, 6.07) is 10.4. The molecule has 0 unspecified atom stereocenters. The van der Waals surface area contributed by atoms with Crippen LogP contribution in [0.5, 0.6) is 0 Å². The van der Waals surface area contributed by atoms with Gasteiger partial charge >= 0.3 is 0 Å². The monoisotopic (exact) mass is 404 g/mol. The minimum absolute atomic E-state index is 0.0994. The van der Waals surface area contributed by atoms with E-state index in [9.17, 15) is 8.78 Å². The third kappa shape index (κ3) is 3.51. The summed E-state index contributed by atoms with van der Waals surface area (Å²) in [6.07, 6.45) is 0. The Kier molecular flexibility index (Phi) is 4.54. The molecule has 10 heteroatoms. The van der Waals surface area contributed by atoms with E-state index in [-0.39, 0.29) is 5.69 Å². The average molecular weight is 405 g/mol. The van der Waals surface area contributed by atoms with Crippen LogP contribution >= 0.6 is 23.1 Å². The van der Waals surface area contributed by atoms with Gasteiger partial charge in [-0.3, -0.25) is 0 Å². The molecule has 0 aliphatic rings. The number of nitrogens with one attached hydrogen (secondary N) is 1. The van der Waals surface area contributed by atoms with Crippen LogP contribution in [-0.4, -0.2) is 24.4 Å². The van der Waals surface area contributed by atoms with Crippen LogP contribution in [0.1, 0.15) is 5.69 Å². The minimum Gasteiger partial charge on any atom is -0.330 e. The normalized spacial score (nSPS) is 11.0. The molecule has 0 bridgehead atoms. The van der Waals surface area contributed by atoms with Gasteiger partial charge in [0.1, 0.15) is 11.5 Å². The first-order chi connectivity index (χ1) is 13.0. The summed E-state index contributed by atoms with van der Waals surface area (Å²) < 4.78 is 32.7. The van der Waals surface area contributed by atoms with Gasteiger partial charge in [-0.25, -0.2) is 13.5 Å². The third-order valence-corrected chi connectivity index (χ3v) is 4.65. The molecule has 0 saturated heterocycles. The van der Waals surface area contributed by atoms with Crippen molar-refractivity contribution < 1.29 is 8.78 Å². The number of hydrogen-bond acceptors (Lipinski definition) is 6. The zero-order valence-corrected chi connectivity index (χ0v) is 15.4. The fraction of sp³-hybridized carbons (Fsp3) is 0.0588. The zero-order valence-electron chi connectivity index (χ0n) is 13.8. The predicted molar refractivity (Wildman–Crippen MR) is 99.6 cm³/mol. The van der Waals surface area contributed by atoms with E-state index in [4.69, 9.17) is 11.6 Å². The summed E-state index contributed by atoms with van der Waals surface area (Å²) >= 11 is 7.03. The Morgan fingerprint density at radius 2 is 1.89 bits per heavy atom. The average Bonchev–Trinajstić information content (AvgIpc) is 3.24. The van der Waals surface area contributed by atoms with E-state index in [2.05, 4.69) is 25.0 Å². The Morgan fingerprint density at radius 1 is 1.11 bits per heavy atom. The highest BCUT2D eigenvalue weighted by atomic mass is 35.5. The first-order valence-corrected chi connectivity index (χ1v) is 8.91. The summed E-state index contributed by atoms with van der Waals surface area (Å²) in [5, 5.41) is 12.3. The SMILES string of the molecule is Cc1c(-c2nsc(Nc3ccc(Cl)cc3)n2)nnn1-c1ccc(F)cc1F. The van der Waals surface area contributed by atoms with E-state index in [1.807, 2.05) is 12.1 Å². The lowest BCUT2D eigenvalue weighted by atomic mass is 10.2. The number of benzene rings is 2. The van der Waals surface area contributed by atoms with Gasteiger partial charge in [-0.05, 0) is 43.3 Å². The van der Waals surface area contributed by atoms with E-state index < -0.39 is 11.6 Å². The van der Waals surface area contributed by atoms with Crippen molar-refractivity contribution in [2.75, 3.05) is 5.32 Å². The highest BCUT2D eigenvalue weighted by molar-refractivity contribution is 7.09. The fourth-order valence-corrected chi connectivity index (χ4v) is 3.16. The van der Waals surface area contributed by atoms with Crippen LogP contribution in [0.25, 0.3) is 17.2 Å². The molecule has 0 atom stereocenters. The lowest BCUT2D eigenvalue weighted by Crippen LogP contribution is -2.02. The molecule has 4 aromatic rings. The Balaban J connectivity index is 1.62. The second kappa shape index (κ2) is 7.01. The maximum absolute atomic E-state index is 14.0. The predicted octanol–water partition coefficient (Wildman–Crippen LogP) is 4.77. The number of nitrogens with zero attached hydrogens (tertiary/aromatic N) is 5. The summed E-state index contributed by atoms with van der Waals surface area (Å²) in [5.41, 5.74) is 1.87. The van der Waals surface area contributed by atoms with Crippen LogP contribution in [0, 0.1) is 18.6 Å². The molecule has 1 N–H and O–H groups in total. The molecule has 6 nitrogen and oxygen atoms in total. The van der Waals surface area contributed by atoms with Crippen LogP contribution in [-0.2, 0) is 0 Å². The molecular formula is C17H11ClF2N6S. The molecule has 2 aromatic carbocycles. The highest BCUT2D eigenvalue weighted by Gasteiger charge is 2.18. The first kappa shape index (κ1) is 17.5. The van der Waals surface area contributed by atoms with Gasteiger partial charge < -0.3 is 5.32 Å². The van der Waals surface area contributed by atoms with Crippen molar-refractivity contribution in [2.24, 2.45) is 0 Å². The van der Waals surface area contributed by atoms with Gasteiger partial charge in [-0.15, -0.1) is 5.10 Å². The standard InChI is InChI=1S/C17H11ClF2N6S/c1-9-15(23-25-26(9)14-7-4-11(19)8-13(14)20)16-22-17(27-24-16)21-12-5-2-10(18)3-6-12/h2-8H,1H3,(H,21,22,24). The molecule has 0 saturated carbocycles. The van der Waals surface area contributed by atoms with Crippen LogP contribution in [0.3, 0.4) is 0 Å². The second-order valence-electron chi connectivity index (χ2n) is 5.59. The third-order valence-electron chi connectivity index (χ3n) is 3.77. The largest absolute Gasteiger partial charge is 0.330 e. The van der Waals surface area contributed by atoms with Gasteiger partial charge in [0, 0.05) is 28.3 Å². The van der Waals surface area contributed by atoms with Gasteiger partial charge in [-0.2, -0.15) is 9.36 Å². The van der Waals surface area contributed by atoms with Crippen molar-refractivity contribution in [3.63, 3.8) is 0 Å². The number of hydrogen-bond donors (Lipinski definition) is 1. The molecule has 0 fully saturated rings. The molecule has 0 aliphatic heterocycles. The van der Waals surface area contributed by atoms with E-state index in [0.717, 1.165) is 29.4 Å². The van der Waals surface area contributed by atoms with E-state index in [1.54, 1.807) is 19.1 Å². The molecule has 136 valence electrons. The molecule has 2 heterocycles. The molecule has 0 aliphatic carbocycles. The summed E-state index contributed by atoms with van der Waals surface area (Å²) in [6.45, 7) is 1.71. The lowest BCUT2D eigenvalue weighted by Gasteiger charge is -2.04. The van der Waals surface area contributed by atoms with Crippen molar-refractivity contribution in [3.8, 4) is 17.2 Å². The Bertz CT molecular complexity index is 1110. The molecule has 2 aromatic heterocycles. The molecule has 27 heavy (non-hydrogen) atoms. The van der Waals surface area contributed by atoms with Crippen molar-refractivity contribution in [2.45, 2.75) is 6.92 Å². The Morgan fingerprint density at radius 3 is 2.63 bits per heavy atom. The van der Waals surface area contributed by atoms with E-state index in [0.29, 0.717) is 27.4 Å². The van der Waals surface area contributed by atoms with Crippen molar-refractivity contribution >= 4 is 34.0 Å². The number of halogens is 3. The van der Waals surface area contributed by atoms with Gasteiger partial charge in [0.25, 0.3) is 0 Å². The van der Waals surface area contributed by atoms with Gasteiger partial charge in [-0.1, -0.05) is 16.8 Å². The molecule has 0 radical (unpaired) electrons. The quantitative estimate of drug-likeness (QED) is 0.530. The number of aromatic nitrogens is 5. The first-order valence-electron chi connectivity index (χ1n) is 7.75. The van der Waals surface area contributed by atoms with Crippen molar-refractivity contribution in [1.29, 1.82) is 0 Å². The molecular weight excluding hydrogens is 394 g/mol. The zero-order chi connectivity index (χ0) is 19.0. The smallest absolute Gasteiger partial charge is 0.207 e. The molecule has 0 spiro atoms. The Hall–Kier alpha value is -2.91.